The van der Waals surface area contributed by atoms with E-state index < -0.39 is 50.9 Å². The van der Waals surface area contributed by atoms with Gasteiger partial charge in [0.25, 0.3) is 0 Å². The van der Waals surface area contributed by atoms with Crippen LogP contribution < -0.4 is 4.74 Å². The van der Waals surface area contributed by atoms with Crippen molar-refractivity contribution < 1.29 is 34.4 Å². The van der Waals surface area contributed by atoms with Gasteiger partial charge < -0.3 is 20.1 Å². The van der Waals surface area contributed by atoms with Crippen molar-refractivity contribution in [2.75, 3.05) is 6.61 Å². The van der Waals surface area contributed by atoms with E-state index in [2.05, 4.69) is 0 Å². The number of ketones is 3. The van der Waals surface area contributed by atoms with E-state index in [1.807, 2.05) is 26.0 Å². The largest absolute Gasteiger partial charge is 0.511 e. The van der Waals surface area contributed by atoms with E-state index in [9.17, 15) is 29.7 Å². The van der Waals surface area contributed by atoms with Gasteiger partial charge in [-0.3, -0.25) is 14.4 Å². The summed E-state index contributed by atoms with van der Waals surface area (Å²) >= 11 is 0. The Labute approximate surface area is 186 Å². The molecule has 0 fully saturated rings. The zero-order chi connectivity index (χ0) is 23.6. The molecule has 0 amide bonds. The first-order chi connectivity index (χ1) is 14.9. The Morgan fingerprint density at radius 3 is 2.47 bits per heavy atom. The molecule has 3 aliphatic rings. The minimum Gasteiger partial charge on any atom is -0.511 e. The van der Waals surface area contributed by atoms with E-state index in [0.29, 0.717) is 24.3 Å². The van der Waals surface area contributed by atoms with Crippen LogP contribution in [0, 0.1) is 10.8 Å². The summed E-state index contributed by atoms with van der Waals surface area (Å²) in [4.78, 5) is 39.0. The highest BCUT2D eigenvalue weighted by Gasteiger charge is 2.67. The van der Waals surface area contributed by atoms with Crippen LogP contribution in [0.4, 0.5) is 0 Å². The number of hydrogen-bond acceptors (Lipinski definition) is 7. The quantitative estimate of drug-likeness (QED) is 0.612. The Balaban J connectivity index is 1.95. The third-order valence-electron chi connectivity index (χ3n) is 7.20. The second-order valence-corrected chi connectivity index (χ2v) is 9.76. The molecule has 0 spiro atoms. The molecule has 0 bridgehead atoms. The van der Waals surface area contributed by atoms with Crippen LogP contribution in [0.25, 0.3) is 0 Å². The third kappa shape index (κ3) is 2.73. The number of rotatable bonds is 4. The van der Waals surface area contributed by atoms with E-state index in [0.717, 1.165) is 18.9 Å². The Hall–Kier alpha value is -2.93. The van der Waals surface area contributed by atoms with E-state index in [4.69, 9.17) is 4.74 Å². The molecule has 0 radical (unpaired) electrons. The lowest BCUT2D eigenvalue weighted by atomic mass is 9.48. The number of aliphatic hydroxyl groups is 3. The molecule has 4 rings (SSSR count). The van der Waals surface area contributed by atoms with Gasteiger partial charge in [0.2, 0.25) is 5.78 Å². The van der Waals surface area contributed by atoms with Crippen LogP contribution >= 0.6 is 0 Å². The molecular weight excluding hydrogens is 412 g/mol. The van der Waals surface area contributed by atoms with Crippen LogP contribution in [0.5, 0.6) is 5.75 Å². The van der Waals surface area contributed by atoms with Gasteiger partial charge in [-0.1, -0.05) is 32.9 Å². The molecule has 3 atom stereocenters. The van der Waals surface area contributed by atoms with Gasteiger partial charge in [-0.15, -0.1) is 0 Å². The molecule has 7 nitrogen and oxygen atoms in total. The Morgan fingerprint density at radius 1 is 1.16 bits per heavy atom. The van der Waals surface area contributed by atoms with Gasteiger partial charge in [0.05, 0.1) is 12.2 Å². The minimum atomic E-state index is -2.48. The topological polar surface area (TPSA) is 121 Å². The fourth-order valence-corrected chi connectivity index (χ4v) is 5.93. The van der Waals surface area contributed by atoms with Crippen LogP contribution in [0.2, 0.25) is 0 Å². The molecule has 1 aromatic rings. The van der Waals surface area contributed by atoms with Gasteiger partial charge in [-0.2, -0.15) is 0 Å². The highest BCUT2D eigenvalue weighted by molar-refractivity contribution is 6.25. The Kier molecular flexibility index (Phi) is 4.90. The zero-order valence-electron chi connectivity index (χ0n) is 18.7. The molecule has 32 heavy (non-hydrogen) atoms. The lowest BCUT2D eigenvalue weighted by molar-refractivity contribution is -0.158. The summed E-state index contributed by atoms with van der Waals surface area (Å²) in [6.45, 7) is 6.89. The fourth-order valence-electron chi connectivity index (χ4n) is 5.93. The van der Waals surface area contributed by atoms with Crippen LogP contribution in [0.3, 0.4) is 0 Å². The van der Waals surface area contributed by atoms with E-state index in [1.54, 1.807) is 13.0 Å². The average Bonchev–Trinajstić information content (AvgIpc) is 2.68. The Morgan fingerprint density at radius 2 is 1.84 bits per heavy atom. The third-order valence-corrected chi connectivity index (χ3v) is 7.20. The first kappa shape index (κ1) is 22.3. The highest BCUT2D eigenvalue weighted by atomic mass is 16.5. The molecule has 0 saturated heterocycles. The summed E-state index contributed by atoms with van der Waals surface area (Å²) in [5, 5.41) is 33.4. The summed E-state index contributed by atoms with van der Waals surface area (Å²) in [6.07, 6.45) is 1.13. The van der Waals surface area contributed by atoms with E-state index in [1.165, 1.54) is 0 Å². The first-order valence-electron chi connectivity index (χ1n) is 10.8. The standard InChI is InChI=1S/C25H28O7/c1-5-9-32-16-8-6-7-14-10-23(3)12-24(4)11-15(27)17(13(2)26)21(29)25(24,31)22(30)19(23)20(28)18(14)16/h6-8,27,30-31H,5,9-12H2,1-4H3/t23-,24+,25+/m1/s1. The van der Waals surface area contributed by atoms with Gasteiger partial charge in [-0.05, 0) is 37.8 Å². The number of allylic oxidation sites excluding steroid dienone is 2. The predicted molar refractivity (Wildman–Crippen MR) is 116 cm³/mol. The predicted octanol–water partition coefficient (Wildman–Crippen LogP) is 3.55. The van der Waals surface area contributed by atoms with Crippen molar-refractivity contribution in [2.45, 2.75) is 59.0 Å². The molecule has 170 valence electrons. The van der Waals surface area contributed by atoms with Crippen LogP contribution in [-0.4, -0.2) is 44.9 Å². The number of Topliss-reactive ketones (excluding diaryl/α,β-unsaturated/α-hetero) is 3. The number of carbonyl (C=O) groups excluding carboxylic acids is 3. The maximum absolute atomic E-state index is 13.7. The number of ether oxygens (including phenoxy) is 1. The smallest absolute Gasteiger partial charge is 0.209 e. The van der Waals surface area contributed by atoms with Gasteiger partial charge in [0.1, 0.15) is 22.8 Å². The van der Waals surface area contributed by atoms with Gasteiger partial charge in [0, 0.05) is 22.8 Å². The molecule has 0 saturated carbocycles. The van der Waals surface area contributed by atoms with Crippen molar-refractivity contribution in [3.63, 3.8) is 0 Å². The van der Waals surface area contributed by atoms with Crippen molar-refractivity contribution in [1.29, 1.82) is 0 Å². The summed E-state index contributed by atoms with van der Waals surface area (Å²) in [5.74, 6) is -3.00. The number of benzene rings is 1. The van der Waals surface area contributed by atoms with Crippen LogP contribution in [-0.2, 0) is 16.0 Å². The van der Waals surface area contributed by atoms with Crippen LogP contribution in [0.1, 0.15) is 62.9 Å². The number of fused-ring (bicyclic) bond motifs is 3. The SMILES string of the molecule is CCCOc1cccc2c1C(=O)C1=C(O)[C@@]3(O)C(=O)C(C(C)=O)=C(O)C[C@@]3(C)C[C@@]1(C)C2. The normalized spacial score (nSPS) is 31.8. The summed E-state index contributed by atoms with van der Waals surface area (Å²) in [6, 6.07) is 5.34. The fraction of sp³-hybridized carbons (Fsp3) is 0.480. The summed E-state index contributed by atoms with van der Waals surface area (Å²) < 4.78 is 5.77. The number of carbonyl (C=O) groups is 3. The summed E-state index contributed by atoms with van der Waals surface area (Å²) in [5.41, 5.74) is -4.15. The highest BCUT2D eigenvalue weighted by Crippen LogP contribution is 2.62. The monoisotopic (exact) mass is 440 g/mol. The minimum absolute atomic E-state index is 0.0323. The maximum atomic E-state index is 13.7. The maximum Gasteiger partial charge on any atom is 0.209 e. The van der Waals surface area contributed by atoms with Crippen molar-refractivity contribution in [1.82, 2.24) is 0 Å². The lowest BCUT2D eigenvalue weighted by Crippen LogP contribution is -2.63. The molecule has 3 N–H and O–H groups in total. The van der Waals surface area contributed by atoms with Crippen molar-refractivity contribution >= 4 is 17.3 Å². The Bertz CT molecular complexity index is 1130. The second kappa shape index (κ2) is 7.04. The van der Waals surface area contributed by atoms with Gasteiger partial charge >= 0.3 is 0 Å². The molecule has 0 heterocycles. The van der Waals surface area contributed by atoms with E-state index in [-0.39, 0.29) is 18.4 Å². The molecule has 0 aromatic heterocycles. The molecule has 3 aliphatic carbocycles. The molecule has 7 heteroatoms. The zero-order valence-corrected chi connectivity index (χ0v) is 18.7. The van der Waals surface area contributed by atoms with Crippen molar-refractivity contribution in [3.8, 4) is 5.75 Å². The first-order valence-corrected chi connectivity index (χ1v) is 10.8. The van der Waals surface area contributed by atoms with E-state index >= 15 is 0 Å². The average molecular weight is 440 g/mol. The second-order valence-electron chi connectivity index (χ2n) is 9.76. The molecule has 0 unspecified atom stereocenters. The van der Waals surface area contributed by atoms with Gasteiger partial charge in [0.15, 0.2) is 17.2 Å². The lowest BCUT2D eigenvalue weighted by Gasteiger charge is -2.55. The number of hydrogen-bond donors (Lipinski definition) is 3. The van der Waals surface area contributed by atoms with Crippen molar-refractivity contribution in [3.05, 3.63) is 52.0 Å². The molecule has 0 aliphatic heterocycles. The molecule has 1 aromatic carbocycles. The number of aliphatic hydroxyl groups excluding tert-OH is 2. The van der Waals surface area contributed by atoms with Crippen LogP contribution in [0.15, 0.2) is 40.9 Å². The summed E-state index contributed by atoms with van der Waals surface area (Å²) in [7, 11) is 0. The van der Waals surface area contributed by atoms with Crippen molar-refractivity contribution in [2.24, 2.45) is 10.8 Å². The van der Waals surface area contributed by atoms with Gasteiger partial charge in [-0.25, -0.2) is 0 Å². The molecular formula is C25H28O7.